The molecule has 0 saturated heterocycles. The maximum absolute atomic E-state index is 10.3. The summed E-state index contributed by atoms with van der Waals surface area (Å²) in [5, 5.41) is 13.7. The van der Waals surface area contributed by atoms with Crippen molar-refractivity contribution in [3.05, 3.63) is 89.7 Å². The molecule has 2 N–H and O–H groups in total. The predicted octanol–water partition coefficient (Wildman–Crippen LogP) is 3.88. The van der Waals surface area contributed by atoms with Crippen molar-refractivity contribution < 1.29 is 5.11 Å². The van der Waals surface area contributed by atoms with Gasteiger partial charge in [-0.25, -0.2) is 0 Å². The monoisotopic (exact) mass is 318 g/mol. The number of hydrogen-bond acceptors (Lipinski definition) is 3. The van der Waals surface area contributed by atoms with Crippen molar-refractivity contribution in [1.82, 2.24) is 10.3 Å². The summed E-state index contributed by atoms with van der Waals surface area (Å²) >= 11 is 0. The second-order valence-corrected chi connectivity index (χ2v) is 5.94. The van der Waals surface area contributed by atoms with Crippen LogP contribution in [0.2, 0.25) is 0 Å². The highest BCUT2D eigenvalue weighted by Gasteiger charge is 2.09. The molecule has 1 aromatic heterocycles. The van der Waals surface area contributed by atoms with Crippen molar-refractivity contribution in [3.8, 4) is 11.1 Å². The minimum Gasteiger partial charge on any atom is -0.387 e. The lowest BCUT2D eigenvalue weighted by atomic mass is 10.0. The van der Waals surface area contributed by atoms with Gasteiger partial charge in [-0.15, -0.1) is 0 Å². The highest BCUT2D eigenvalue weighted by Crippen LogP contribution is 2.20. The van der Waals surface area contributed by atoms with E-state index in [4.69, 9.17) is 0 Å². The summed E-state index contributed by atoms with van der Waals surface area (Å²) in [6.45, 7) is 3.28. The van der Waals surface area contributed by atoms with Crippen LogP contribution in [0.25, 0.3) is 11.1 Å². The molecular weight excluding hydrogens is 296 g/mol. The zero-order valence-corrected chi connectivity index (χ0v) is 13.8. The fraction of sp³-hybridized carbons (Fsp3) is 0.190. The molecule has 0 fully saturated rings. The van der Waals surface area contributed by atoms with Crippen LogP contribution in [0, 0.1) is 6.92 Å². The van der Waals surface area contributed by atoms with Gasteiger partial charge in [-0.1, -0.05) is 42.5 Å². The molecule has 0 aliphatic carbocycles. The standard InChI is InChI=1S/C21H22N2O/c1-16-5-2-3-8-20(16)21(24)15-23-14-17-6-4-7-19(13-17)18-9-11-22-12-10-18/h2-13,21,23-24H,14-15H2,1H3. The highest BCUT2D eigenvalue weighted by molar-refractivity contribution is 5.63. The van der Waals surface area contributed by atoms with Crippen molar-refractivity contribution in [3.63, 3.8) is 0 Å². The van der Waals surface area contributed by atoms with Gasteiger partial charge in [0.1, 0.15) is 0 Å². The largest absolute Gasteiger partial charge is 0.387 e. The molecule has 0 spiro atoms. The maximum Gasteiger partial charge on any atom is 0.0917 e. The molecule has 0 aliphatic rings. The molecule has 0 radical (unpaired) electrons. The molecule has 3 aromatic rings. The van der Waals surface area contributed by atoms with E-state index in [1.807, 2.05) is 43.3 Å². The van der Waals surface area contributed by atoms with Crippen LogP contribution >= 0.6 is 0 Å². The summed E-state index contributed by atoms with van der Waals surface area (Å²) in [7, 11) is 0. The van der Waals surface area contributed by atoms with E-state index in [2.05, 4.69) is 34.6 Å². The number of nitrogens with zero attached hydrogens (tertiary/aromatic N) is 1. The van der Waals surface area contributed by atoms with Crippen molar-refractivity contribution >= 4 is 0 Å². The summed E-state index contributed by atoms with van der Waals surface area (Å²) in [6.07, 6.45) is 3.12. The molecule has 24 heavy (non-hydrogen) atoms. The van der Waals surface area contributed by atoms with E-state index in [1.54, 1.807) is 12.4 Å². The van der Waals surface area contributed by atoms with E-state index in [0.29, 0.717) is 6.54 Å². The topological polar surface area (TPSA) is 45.1 Å². The van der Waals surface area contributed by atoms with Crippen LogP contribution in [0.5, 0.6) is 0 Å². The molecule has 1 heterocycles. The van der Waals surface area contributed by atoms with Crippen LogP contribution in [-0.2, 0) is 6.54 Å². The third-order valence-corrected chi connectivity index (χ3v) is 4.15. The molecule has 0 saturated carbocycles. The van der Waals surface area contributed by atoms with Gasteiger partial charge in [0.25, 0.3) is 0 Å². The van der Waals surface area contributed by atoms with Gasteiger partial charge in [-0.05, 0) is 52.9 Å². The van der Waals surface area contributed by atoms with Gasteiger partial charge in [-0.3, -0.25) is 4.98 Å². The molecule has 0 amide bonds. The van der Waals surface area contributed by atoms with E-state index in [0.717, 1.165) is 23.2 Å². The fourth-order valence-corrected chi connectivity index (χ4v) is 2.83. The molecule has 2 aromatic carbocycles. The first-order chi connectivity index (χ1) is 11.7. The highest BCUT2D eigenvalue weighted by atomic mass is 16.3. The molecule has 3 rings (SSSR count). The zero-order valence-electron chi connectivity index (χ0n) is 13.8. The van der Waals surface area contributed by atoms with Crippen molar-refractivity contribution in [2.45, 2.75) is 19.6 Å². The first-order valence-corrected chi connectivity index (χ1v) is 8.17. The lowest BCUT2D eigenvalue weighted by molar-refractivity contribution is 0.173. The van der Waals surface area contributed by atoms with Gasteiger partial charge in [0.05, 0.1) is 6.10 Å². The van der Waals surface area contributed by atoms with Gasteiger partial charge in [0.15, 0.2) is 0 Å². The molecule has 3 nitrogen and oxygen atoms in total. The summed E-state index contributed by atoms with van der Waals surface area (Å²) in [5.74, 6) is 0. The quantitative estimate of drug-likeness (QED) is 0.725. The number of aliphatic hydroxyl groups is 1. The van der Waals surface area contributed by atoms with E-state index >= 15 is 0 Å². The van der Waals surface area contributed by atoms with Gasteiger partial charge in [0, 0.05) is 25.5 Å². The average Bonchev–Trinajstić information content (AvgIpc) is 2.63. The summed E-state index contributed by atoms with van der Waals surface area (Å²) in [4.78, 5) is 4.06. The third kappa shape index (κ3) is 4.07. The number of pyridine rings is 1. The summed E-state index contributed by atoms with van der Waals surface area (Å²) in [5.41, 5.74) is 5.63. The first-order valence-electron chi connectivity index (χ1n) is 8.17. The third-order valence-electron chi connectivity index (χ3n) is 4.15. The normalized spacial score (nSPS) is 12.1. The van der Waals surface area contributed by atoms with Crippen molar-refractivity contribution in [1.29, 1.82) is 0 Å². The molecule has 122 valence electrons. The number of aryl methyl sites for hydroxylation is 1. The number of benzene rings is 2. The van der Waals surface area contributed by atoms with Crippen LogP contribution in [0.3, 0.4) is 0 Å². The Morgan fingerprint density at radius 2 is 1.75 bits per heavy atom. The molecule has 1 atom stereocenters. The Hall–Kier alpha value is -2.49. The Morgan fingerprint density at radius 1 is 0.958 bits per heavy atom. The number of aromatic nitrogens is 1. The zero-order chi connectivity index (χ0) is 16.8. The minimum atomic E-state index is -0.491. The Bertz CT molecular complexity index is 787. The fourth-order valence-electron chi connectivity index (χ4n) is 2.83. The van der Waals surface area contributed by atoms with E-state index in [1.165, 1.54) is 11.1 Å². The molecule has 1 unspecified atom stereocenters. The second-order valence-electron chi connectivity index (χ2n) is 5.94. The average molecular weight is 318 g/mol. The summed E-state index contributed by atoms with van der Waals surface area (Å²) < 4.78 is 0. The van der Waals surface area contributed by atoms with E-state index in [9.17, 15) is 5.11 Å². The number of hydrogen-bond donors (Lipinski definition) is 2. The molecule has 0 bridgehead atoms. The van der Waals surface area contributed by atoms with Crippen LogP contribution in [0.4, 0.5) is 0 Å². The number of nitrogens with one attached hydrogen (secondary N) is 1. The van der Waals surface area contributed by atoms with Gasteiger partial charge < -0.3 is 10.4 Å². The lowest BCUT2D eigenvalue weighted by Gasteiger charge is -2.15. The van der Waals surface area contributed by atoms with Gasteiger partial charge >= 0.3 is 0 Å². The predicted molar refractivity (Wildman–Crippen MR) is 97.5 cm³/mol. The van der Waals surface area contributed by atoms with Crippen LogP contribution in [0.15, 0.2) is 73.1 Å². The van der Waals surface area contributed by atoms with E-state index in [-0.39, 0.29) is 0 Å². The SMILES string of the molecule is Cc1ccccc1C(O)CNCc1cccc(-c2ccncc2)c1. The number of rotatable bonds is 6. The number of aliphatic hydroxyl groups excluding tert-OH is 1. The van der Waals surface area contributed by atoms with Crippen molar-refractivity contribution in [2.75, 3.05) is 6.54 Å². The minimum absolute atomic E-state index is 0.491. The Labute approximate surface area is 143 Å². The van der Waals surface area contributed by atoms with E-state index < -0.39 is 6.10 Å². The molecule has 3 heteroatoms. The first kappa shape index (κ1) is 16.4. The maximum atomic E-state index is 10.3. The summed E-state index contributed by atoms with van der Waals surface area (Å²) in [6, 6.07) is 20.4. The Kier molecular flexibility index (Phi) is 5.36. The molecular formula is C21H22N2O. The smallest absolute Gasteiger partial charge is 0.0917 e. The Morgan fingerprint density at radius 3 is 2.54 bits per heavy atom. The van der Waals surface area contributed by atoms with Crippen LogP contribution in [-0.4, -0.2) is 16.6 Å². The van der Waals surface area contributed by atoms with Crippen LogP contribution in [0.1, 0.15) is 22.8 Å². The van der Waals surface area contributed by atoms with Gasteiger partial charge in [0.2, 0.25) is 0 Å². The molecule has 0 aliphatic heterocycles. The Balaban J connectivity index is 1.60. The second kappa shape index (κ2) is 7.86. The lowest BCUT2D eigenvalue weighted by Crippen LogP contribution is -2.21. The van der Waals surface area contributed by atoms with Gasteiger partial charge in [-0.2, -0.15) is 0 Å². The van der Waals surface area contributed by atoms with Crippen molar-refractivity contribution in [2.24, 2.45) is 0 Å². The van der Waals surface area contributed by atoms with Crippen LogP contribution < -0.4 is 5.32 Å².